The largest absolute Gasteiger partial charge is 0.444 e. The lowest BCUT2D eigenvalue weighted by Gasteiger charge is -2.19. The lowest BCUT2D eigenvalue weighted by Crippen LogP contribution is -2.35. The zero-order chi connectivity index (χ0) is 10.9. The van der Waals surface area contributed by atoms with Gasteiger partial charge in [0.15, 0.2) is 0 Å². The Bertz CT molecular complexity index is 135. The molecule has 0 fully saturated rings. The molecule has 0 aromatic rings. The standard InChI is InChI=1S/C7H16N2O2.C2H6.H2/c1-7(2,3)11-6(10)9-5-4-8;1-2;/h4-5,8H2,1-3H3,(H,9,10);1-2H3;1H. The van der Waals surface area contributed by atoms with E-state index in [0.29, 0.717) is 13.1 Å². The second-order valence-electron chi connectivity index (χ2n) is 3.22. The third-order valence-corrected chi connectivity index (χ3v) is 0.813. The Morgan fingerprint density at radius 2 is 1.92 bits per heavy atom. The molecule has 0 bridgehead atoms. The van der Waals surface area contributed by atoms with Crippen molar-refractivity contribution in [2.75, 3.05) is 13.1 Å². The van der Waals surface area contributed by atoms with E-state index in [-0.39, 0.29) is 1.43 Å². The summed E-state index contributed by atoms with van der Waals surface area (Å²) in [5, 5.41) is 2.50. The van der Waals surface area contributed by atoms with Gasteiger partial charge >= 0.3 is 6.09 Å². The Kier molecular flexibility index (Phi) is 8.91. The van der Waals surface area contributed by atoms with Gasteiger partial charge in [0.05, 0.1) is 0 Å². The van der Waals surface area contributed by atoms with Crippen LogP contribution in [0, 0.1) is 0 Å². The van der Waals surface area contributed by atoms with Gasteiger partial charge in [0, 0.05) is 14.5 Å². The molecule has 4 nitrogen and oxygen atoms in total. The van der Waals surface area contributed by atoms with Gasteiger partial charge in [-0.15, -0.1) is 0 Å². The molecule has 0 aliphatic carbocycles. The molecule has 0 aromatic carbocycles. The van der Waals surface area contributed by atoms with E-state index >= 15 is 0 Å². The third kappa shape index (κ3) is 14.1. The average Bonchev–Trinajstić information content (AvgIpc) is 2.01. The van der Waals surface area contributed by atoms with Gasteiger partial charge in [0.1, 0.15) is 5.60 Å². The molecule has 0 heterocycles. The summed E-state index contributed by atoms with van der Waals surface area (Å²) in [5.41, 5.74) is 4.74. The maximum Gasteiger partial charge on any atom is 0.407 e. The lowest BCUT2D eigenvalue weighted by molar-refractivity contribution is 0.0529. The highest BCUT2D eigenvalue weighted by Gasteiger charge is 2.14. The molecule has 0 aliphatic heterocycles. The molecule has 0 spiro atoms. The zero-order valence-corrected chi connectivity index (χ0v) is 9.31. The van der Waals surface area contributed by atoms with E-state index in [1.165, 1.54) is 0 Å². The highest BCUT2D eigenvalue weighted by Crippen LogP contribution is 2.05. The van der Waals surface area contributed by atoms with Gasteiger partial charge in [0.2, 0.25) is 0 Å². The Hall–Kier alpha value is -0.770. The molecule has 0 radical (unpaired) electrons. The second kappa shape index (κ2) is 7.86. The van der Waals surface area contributed by atoms with Gasteiger partial charge in [-0.05, 0) is 20.8 Å². The van der Waals surface area contributed by atoms with Crippen LogP contribution in [0.4, 0.5) is 4.79 Å². The van der Waals surface area contributed by atoms with E-state index in [4.69, 9.17) is 10.5 Å². The van der Waals surface area contributed by atoms with Crippen molar-refractivity contribution in [3.8, 4) is 0 Å². The molecule has 82 valence electrons. The van der Waals surface area contributed by atoms with Crippen molar-refractivity contribution in [1.82, 2.24) is 5.32 Å². The molecule has 0 aliphatic rings. The van der Waals surface area contributed by atoms with E-state index in [0.717, 1.165) is 0 Å². The molecule has 1 amide bonds. The first-order chi connectivity index (χ1) is 5.95. The first-order valence-electron chi connectivity index (χ1n) is 4.62. The molecule has 4 heteroatoms. The Labute approximate surface area is 82.3 Å². The molecule has 3 N–H and O–H groups in total. The van der Waals surface area contributed by atoms with Crippen molar-refractivity contribution in [2.24, 2.45) is 5.73 Å². The minimum atomic E-state index is -0.432. The van der Waals surface area contributed by atoms with Crippen molar-refractivity contribution in [2.45, 2.75) is 40.2 Å². The summed E-state index contributed by atoms with van der Waals surface area (Å²) in [4.78, 5) is 10.8. The van der Waals surface area contributed by atoms with Crippen LogP contribution in [0.2, 0.25) is 0 Å². The fraction of sp³-hybridized carbons (Fsp3) is 0.889. The lowest BCUT2D eigenvalue weighted by atomic mass is 10.2. The number of rotatable bonds is 2. The second-order valence-corrected chi connectivity index (χ2v) is 3.22. The van der Waals surface area contributed by atoms with Crippen molar-refractivity contribution in [1.29, 1.82) is 0 Å². The number of amides is 1. The van der Waals surface area contributed by atoms with Crippen LogP contribution in [-0.4, -0.2) is 24.8 Å². The predicted octanol–water partition coefficient (Wildman–Crippen LogP) is 1.74. The predicted molar refractivity (Wildman–Crippen MR) is 56.8 cm³/mol. The maximum absolute atomic E-state index is 10.8. The quantitative estimate of drug-likeness (QED) is 0.700. The minimum Gasteiger partial charge on any atom is -0.444 e. The number of nitrogens with two attached hydrogens (primary N) is 1. The van der Waals surface area contributed by atoms with Crippen LogP contribution in [0.15, 0.2) is 0 Å². The first kappa shape index (κ1) is 14.7. The topological polar surface area (TPSA) is 64.3 Å². The normalized spacial score (nSPS) is 9.69. The molecule has 13 heavy (non-hydrogen) atoms. The van der Waals surface area contributed by atoms with Crippen molar-refractivity contribution in [3.63, 3.8) is 0 Å². The van der Waals surface area contributed by atoms with Gasteiger partial charge < -0.3 is 15.8 Å². The number of carbonyl (C=O) groups is 1. The average molecular weight is 192 g/mol. The van der Waals surface area contributed by atoms with Gasteiger partial charge in [-0.1, -0.05) is 13.8 Å². The molecular formula is C9H24N2O2. The van der Waals surface area contributed by atoms with Gasteiger partial charge in [0.25, 0.3) is 0 Å². The molecule has 0 aromatic heterocycles. The summed E-state index contributed by atoms with van der Waals surface area (Å²) in [5.74, 6) is 0. The number of nitrogens with one attached hydrogen (secondary N) is 1. The third-order valence-electron chi connectivity index (χ3n) is 0.813. The van der Waals surface area contributed by atoms with Crippen LogP contribution in [0.3, 0.4) is 0 Å². The Morgan fingerprint density at radius 3 is 2.23 bits per heavy atom. The van der Waals surface area contributed by atoms with Crippen LogP contribution in [0.1, 0.15) is 36.0 Å². The van der Waals surface area contributed by atoms with Crippen molar-refractivity contribution >= 4 is 6.09 Å². The summed E-state index contributed by atoms with van der Waals surface area (Å²) in [6.07, 6.45) is -0.414. The van der Waals surface area contributed by atoms with E-state index in [1.807, 2.05) is 34.6 Å². The summed E-state index contributed by atoms with van der Waals surface area (Å²) in [7, 11) is 0. The van der Waals surface area contributed by atoms with E-state index in [1.54, 1.807) is 0 Å². The number of hydrogen-bond donors (Lipinski definition) is 2. The van der Waals surface area contributed by atoms with Crippen molar-refractivity contribution in [3.05, 3.63) is 0 Å². The molecule has 0 saturated carbocycles. The number of carbonyl (C=O) groups excluding carboxylic acids is 1. The maximum atomic E-state index is 10.8. The van der Waals surface area contributed by atoms with Crippen LogP contribution < -0.4 is 11.1 Å². The summed E-state index contributed by atoms with van der Waals surface area (Å²) < 4.78 is 4.93. The van der Waals surface area contributed by atoms with Crippen LogP contribution in [0.25, 0.3) is 0 Å². The Balaban J connectivity index is -0.000000376. The van der Waals surface area contributed by atoms with E-state index in [2.05, 4.69) is 5.32 Å². The molecule has 0 unspecified atom stereocenters. The van der Waals surface area contributed by atoms with Crippen molar-refractivity contribution < 1.29 is 11.0 Å². The van der Waals surface area contributed by atoms with Crippen LogP contribution >= 0.6 is 0 Å². The highest BCUT2D eigenvalue weighted by atomic mass is 16.6. The fourth-order valence-corrected chi connectivity index (χ4v) is 0.488. The fourth-order valence-electron chi connectivity index (χ4n) is 0.488. The highest BCUT2D eigenvalue weighted by molar-refractivity contribution is 5.67. The summed E-state index contributed by atoms with van der Waals surface area (Å²) in [6.45, 7) is 10.3. The summed E-state index contributed by atoms with van der Waals surface area (Å²) >= 11 is 0. The number of ether oxygens (including phenoxy) is 1. The van der Waals surface area contributed by atoms with Gasteiger partial charge in [-0.3, -0.25) is 0 Å². The molecular weight excluding hydrogens is 168 g/mol. The van der Waals surface area contributed by atoms with E-state index < -0.39 is 11.7 Å². The SMILES string of the molecule is CC.CC(C)(C)OC(=O)NCCN.[HH]. The first-order valence-corrected chi connectivity index (χ1v) is 4.62. The zero-order valence-electron chi connectivity index (χ0n) is 9.31. The molecule has 0 saturated heterocycles. The smallest absolute Gasteiger partial charge is 0.407 e. The monoisotopic (exact) mass is 192 g/mol. The summed E-state index contributed by atoms with van der Waals surface area (Å²) in [6, 6.07) is 0. The molecule has 0 atom stereocenters. The van der Waals surface area contributed by atoms with Gasteiger partial charge in [-0.2, -0.15) is 0 Å². The minimum absolute atomic E-state index is 0. The van der Waals surface area contributed by atoms with E-state index in [9.17, 15) is 4.79 Å². The van der Waals surface area contributed by atoms with Gasteiger partial charge in [-0.25, -0.2) is 4.79 Å². The Morgan fingerprint density at radius 1 is 1.46 bits per heavy atom. The number of hydrogen-bond acceptors (Lipinski definition) is 3. The number of alkyl carbamates (subject to hydrolysis) is 1. The van der Waals surface area contributed by atoms with Crippen LogP contribution in [-0.2, 0) is 4.74 Å². The molecule has 0 rings (SSSR count). The van der Waals surface area contributed by atoms with Crippen LogP contribution in [0.5, 0.6) is 0 Å².